The standard InChI is InChI=1S/C20H20ClN3O3/c21-14-5-7-15(8-6-14)24-19(25)17(22-20(24)26)13-16-9-10-18(27-16)23-11-3-1-2-4-12-23/h5-10,13H,1-4,11-12H2,(H,22,26)/b17-13+. The number of rotatable bonds is 3. The van der Waals surface area contributed by atoms with Gasteiger partial charge in [0.2, 0.25) is 0 Å². The Morgan fingerprint density at radius 3 is 2.37 bits per heavy atom. The molecule has 0 atom stereocenters. The van der Waals surface area contributed by atoms with E-state index in [4.69, 9.17) is 16.0 Å². The molecule has 3 heterocycles. The number of furan rings is 1. The Morgan fingerprint density at radius 1 is 0.963 bits per heavy atom. The number of hydrogen-bond donors (Lipinski definition) is 1. The molecule has 0 bridgehead atoms. The molecule has 0 spiro atoms. The average Bonchev–Trinajstić information content (AvgIpc) is 3.10. The van der Waals surface area contributed by atoms with Crippen LogP contribution in [0.3, 0.4) is 0 Å². The van der Waals surface area contributed by atoms with Crippen molar-refractivity contribution in [3.8, 4) is 0 Å². The lowest BCUT2D eigenvalue weighted by Gasteiger charge is -2.18. The summed E-state index contributed by atoms with van der Waals surface area (Å²) in [6, 6.07) is 9.78. The summed E-state index contributed by atoms with van der Waals surface area (Å²) >= 11 is 5.87. The van der Waals surface area contributed by atoms with Crippen molar-refractivity contribution in [2.45, 2.75) is 25.7 Å². The molecule has 2 aliphatic rings. The zero-order chi connectivity index (χ0) is 18.8. The second kappa shape index (κ2) is 7.48. The Bertz CT molecular complexity index is 880. The van der Waals surface area contributed by atoms with Crippen LogP contribution in [0.5, 0.6) is 0 Å². The first-order chi connectivity index (χ1) is 13.1. The van der Waals surface area contributed by atoms with Crippen LogP contribution >= 0.6 is 11.6 Å². The molecule has 0 unspecified atom stereocenters. The number of carbonyl (C=O) groups is 2. The number of anilines is 2. The molecular weight excluding hydrogens is 366 g/mol. The highest BCUT2D eigenvalue weighted by Crippen LogP contribution is 2.26. The second-order valence-corrected chi connectivity index (χ2v) is 7.12. The van der Waals surface area contributed by atoms with Crippen molar-refractivity contribution >= 4 is 41.2 Å². The zero-order valence-electron chi connectivity index (χ0n) is 14.8. The summed E-state index contributed by atoms with van der Waals surface area (Å²) in [4.78, 5) is 28.2. The maximum atomic E-state index is 12.6. The molecule has 6 nitrogen and oxygen atoms in total. The fourth-order valence-electron chi connectivity index (χ4n) is 3.38. The molecule has 1 aromatic heterocycles. The molecule has 27 heavy (non-hydrogen) atoms. The smallest absolute Gasteiger partial charge is 0.333 e. The van der Waals surface area contributed by atoms with Gasteiger partial charge in [-0.25, -0.2) is 9.69 Å². The van der Waals surface area contributed by atoms with Gasteiger partial charge < -0.3 is 14.6 Å². The second-order valence-electron chi connectivity index (χ2n) is 6.68. The number of nitrogens with zero attached hydrogens (tertiary/aromatic N) is 2. The number of amides is 3. The summed E-state index contributed by atoms with van der Waals surface area (Å²) in [7, 11) is 0. The van der Waals surface area contributed by atoms with Gasteiger partial charge in [0.05, 0.1) is 5.69 Å². The van der Waals surface area contributed by atoms with Gasteiger partial charge in [0.15, 0.2) is 5.88 Å². The van der Waals surface area contributed by atoms with Gasteiger partial charge in [-0.2, -0.15) is 0 Å². The van der Waals surface area contributed by atoms with Crippen molar-refractivity contribution in [3.63, 3.8) is 0 Å². The molecule has 2 aliphatic heterocycles. The van der Waals surface area contributed by atoms with Gasteiger partial charge in [-0.15, -0.1) is 0 Å². The molecule has 3 amide bonds. The first kappa shape index (κ1) is 17.7. The van der Waals surface area contributed by atoms with E-state index in [9.17, 15) is 9.59 Å². The summed E-state index contributed by atoms with van der Waals surface area (Å²) in [5, 5.41) is 3.15. The third kappa shape index (κ3) is 3.71. The number of hydrogen-bond acceptors (Lipinski definition) is 4. The highest BCUT2D eigenvalue weighted by atomic mass is 35.5. The van der Waals surface area contributed by atoms with Crippen molar-refractivity contribution in [2.24, 2.45) is 0 Å². The molecule has 1 aromatic carbocycles. The van der Waals surface area contributed by atoms with E-state index < -0.39 is 11.9 Å². The van der Waals surface area contributed by atoms with Crippen LogP contribution < -0.4 is 15.1 Å². The predicted molar refractivity (Wildman–Crippen MR) is 105 cm³/mol. The first-order valence-corrected chi connectivity index (χ1v) is 9.47. The fourth-order valence-corrected chi connectivity index (χ4v) is 3.51. The Kier molecular flexibility index (Phi) is 4.90. The molecule has 2 fully saturated rings. The Morgan fingerprint density at radius 2 is 1.67 bits per heavy atom. The van der Waals surface area contributed by atoms with Crippen LogP contribution in [0.2, 0.25) is 5.02 Å². The lowest BCUT2D eigenvalue weighted by molar-refractivity contribution is -0.113. The fraction of sp³-hybridized carbons (Fsp3) is 0.300. The summed E-state index contributed by atoms with van der Waals surface area (Å²) in [6.45, 7) is 1.95. The number of nitrogens with one attached hydrogen (secondary N) is 1. The number of benzene rings is 1. The van der Waals surface area contributed by atoms with E-state index in [0.717, 1.165) is 36.7 Å². The van der Waals surface area contributed by atoms with Crippen molar-refractivity contribution in [2.75, 3.05) is 22.9 Å². The molecule has 140 valence electrons. The van der Waals surface area contributed by atoms with E-state index in [0.29, 0.717) is 16.5 Å². The average molecular weight is 386 g/mol. The van der Waals surface area contributed by atoms with Gasteiger partial charge in [-0.05, 0) is 43.2 Å². The van der Waals surface area contributed by atoms with Crippen LogP contribution in [0.4, 0.5) is 16.4 Å². The highest BCUT2D eigenvalue weighted by molar-refractivity contribution is 6.31. The molecule has 0 radical (unpaired) electrons. The minimum Gasteiger partial charge on any atom is -0.441 e. The maximum Gasteiger partial charge on any atom is 0.333 e. The minimum absolute atomic E-state index is 0.187. The van der Waals surface area contributed by atoms with Crippen LogP contribution in [0.15, 0.2) is 46.5 Å². The van der Waals surface area contributed by atoms with Gasteiger partial charge in [0.1, 0.15) is 11.5 Å². The van der Waals surface area contributed by atoms with Crippen LogP contribution in [-0.2, 0) is 4.79 Å². The van der Waals surface area contributed by atoms with Gasteiger partial charge in [0.25, 0.3) is 5.91 Å². The minimum atomic E-state index is -0.493. The summed E-state index contributed by atoms with van der Waals surface area (Å²) < 4.78 is 5.89. The first-order valence-electron chi connectivity index (χ1n) is 9.09. The van der Waals surface area contributed by atoms with E-state index in [1.807, 2.05) is 12.1 Å². The lowest BCUT2D eigenvalue weighted by Crippen LogP contribution is -2.30. The van der Waals surface area contributed by atoms with Gasteiger partial charge in [-0.1, -0.05) is 24.4 Å². The van der Waals surface area contributed by atoms with Crippen molar-refractivity contribution in [3.05, 3.63) is 52.9 Å². The molecule has 1 N–H and O–H groups in total. The molecular formula is C20H20ClN3O3. The molecule has 2 saturated heterocycles. The van der Waals surface area contributed by atoms with Gasteiger partial charge in [0, 0.05) is 30.3 Å². The maximum absolute atomic E-state index is 12.6. The Hall–Kier alpha value is -2.73. The summed E-state index contributed by atoms with van der Waals surface area (Å²) in [5.41, 5.74) is 0.654. The predicted octanol–water partition coefficient (Wildman–Crippen LogP) is 4.41. The van der Waals surface area contributed by atoms with Crippen LogP contribution in [-0.4, -0.2) is 25.0 Å². The summed E-state index contributed by atoms with van der Waals surface area (Å²) in [5.74, 6) is 0.918. The largest absolute Gasteiger partial charge is 0.441 e. The number of urea groups is 1. The normalized spacial score (nSPS) is 19.5. The van der Waals surface area contributed by atoms with Crippen molar-refractivity contribution < 1.29 is 14.0 Å². The molecule has 0 aliphatic carbocycles. The topological polar surface area (TPSA) is 65.8 Å². The third-order valence-corrected chi connectivity index (χ3v) is 5.03. The van der Waals surface area contributed by atoms with Gasteiger partial charge in [-0.3, -0.25) is 4.79 Å². The van der Waals surface area contributed by atoms with E-state index in [1.165, 1.54) is 12.8 Å². The molecule has 4 rings (SSSR count). The van der Waals surface area contributed by atoms with E-state index in [2.05, 4.69) is 10.2 Å². The third-order valence-electron chi connectivity index (χ3n) is 4.78. The van der Waals surface area contributed by atoms with E-state index in [-0.39, 0.29) is 5.70 Å². The lowest BCUT2D eigenvalue weighted by atomic mass is 10.2. The SMILES string of the molecule is O=C1N/C(=C/c2ccc(N3CCCCCC3)o2)C(=O)N1c1ccc(Cl)cc1. The van der Waals surface area contributed by atoms with Crippen molar-refractivity contribution in [1.29, 1.82) is 0 Å². The monoisotopic (exact) mass is 385 g/mol. The molecule has 7 heteroatoms. The van der Waals surface area contributed by atoms with E-state index in [1.54, 1.807) is 30.3 Å². The number of halogens is 1. The zero-order valence-corrected chi connectivity index (χ0v) is 15.5. The quantitative estimate of drug-likeness (QED) is 0.627. The van der Waals surface area contributed by atoms with Crippen LogP contribution in [0.25, 0.3) is 6.08 Å². The highest BCUT2D eigenvalue weighted by Gasteiger charge is 2.35. The summed E-state index contributed by atoms with van der Waals surface area (Å²) in [6.07, 6.45) is 6.37. The van der Waals surface area contributed by atoms with Crippen LogP contribution in [0.1, 0.15) is 31.4 Å². The van der Waals surface area contributed by atoms with Crippen LogP contribution in [0, 0.1) is 0 Å². The van der Waals surface area contributed by atoms with Gasteiger partial charge >= 0.3 is 6.03 Å². The molecule has 2 aromatic rings. The Labute approximate surface area is 162 Å². The number of imide groups is 1. The molecule has 0 saturated carbocycles. The number of carbonyl (C=O) groups excluding carboxylic acids is 2. The van der Waals surface area contributed by atoms with Crippen molar-refractivity contribution in [1.82, 2.24) is 5.32 Å². The van der Waals surface area contributed by atoms with E-state index >= 15 is 0 Å². The Balaban J connectivity index is 1.53.